The topological polar surface area (TPSA) is 41.1 Å². The van der Waals surface area contributed by atoms with Crippen molar-refractivity contribution in [2.24, 2.45) is 0 Å². The van der Waals surface area contributed by atoms with Crippen LogP contribution in [0.4, 0.5) is 10.2 Å². The summed E-state index contributed by atoms with van der Waals surface area (Å²) in [5.41, 5.74) is 0.305. The van der Waals surface area contributed by atoms with Crippen molar-refractivity contribution in [1.82, 2.24) is 14.9 Å². The largest absolute Gasteiger partial charge is 0.365 e. The highest BCUT2D eigenvalue weighted by molar-refractivity contribution is 6.28. The van der Waals surface area contributed by atoms with Crippen molar-refractivity contribution in [3.8, 4) is 0 Å². The monoisotopic (exact) mass is 298 g/mol. The first-order valence-electron chi connectivity index (χ1n) is 7.17. The third-order valence-corrected chi connectivity index (χ3v) is 4.82. The van der Waals surface area contributed by atoms with Crippen molar-refractivity contribution in [3.05, 3.63) is 17.3 Å². The van der Waals surface area contributed by atoms with Crippen LogP contribution >= 0.6 is 11.6 Å². The molecule has 0 radical (unpaired) electrons. The van der Waals surface area contributed by atoms with E-state index in [0.717, 1.165) is 25.6 Å². The first-order chi connectivity index (χ1) is 9.45. The molecule has 2 atom stereocenters. The van der Waals surface area contributed by atoms with E-state index in [0.29, 0.717) is 11.6 Å². The summed E-state index contributed by atoms with van der Waals surface area (Å²) in [6, 6.07) is 0.849. The van der Waals surface area contributed by atoms with Gasteiger partial charge in [0.2, 0.25) is 5.28 Å². The van der Waals surface area contributed by atoms with Gasteiger partial charge < -0.3 is 5.32 Å². The molecule has 6 heteroatoms. The highest BCUT2D eigenvalue weighted by Gasteiger charge is 2.42. The molecule has 1 aromatic rings. The van der Waals surface area contributed by atoms with Gasteiger partial charge in [0, 0.05) is 24.2 Å². The molecule has 2 saturated heterocycles. The smallest absolute Gasteiger partial charge is 0.224 e. The average molecular weight is 299 g/mol. The predicted octanol–water partition coefficient (Wildman–Crippen LogP) is 3.09. The summed E-state index contributed by atoms with van der Waals surface area (Å²) < 4.78 is 13.7. The Labute approximate surface area is 123 Å². The van der Waals surface area contributed by atoms with Crippen molar-refractivity contribution in [2.45, 2.75) is 57.2 Å². The fourth-order valence-electron chi connectivity index (χ4n) is 3.56. The molecule has 0 saturated carbocycles. The zero-order valence-corrected chi connectivity index (χ0v) is 12.6. The van der Waals surface area contributed by atoms with Crippen molar-refractivity contribution < 1.29 is 4.39 Å². The summed E-state index contributed by atoms with van der Waals surface area (Å²) in [7, 11) is 0. The molecule has 0 aliphatic carbocycles. The van der Waals surface area contributed by atoms with E-state index in [1.165, 1.54) is 12.8 Å². The van der Waals surface area contributed by atoms with E-state index in [-0.39, 0.29) is 17.1 Å². The third kappa shape index (κ3) is 2.61. The molecule has 3 rings (SSSR count). The number of aromatic nitrogens is 2. The van der Waals surface area contributed by atoms with Gasteiger partial charge in [0.25, 0.3) is 0 Å². The van der Waals surface area contributed by atoms with Crippen molar-refractivity contribution in [3.63, 3.8) is 0 Å². The zero-order chi connectivity index (χ0) is 14.3. The molecule has 0 amide bonds. The molecular formula is C14H20ClFN4. The van der Waals surface area contributed by atoms with Crippen LogP contribution in [0.2, 0.25) is 5.28 Å². The maximum Gasteiger partial charge on any atom is 0.224 e. The minimum absolute atomic E-state index is 0.0772. The first-order valence-corrected chi connectivity index (χ1v) is 7.55. The fourth-order valence-corrected chi connectivity index (χ4v) is 3.69. The molecule has 4 nitrogen and oxygen atoms in total. The quantitative estimate of drug-likeness (QED) is 0.852. The van der Waals surface area contributed by atoms with Gasteiger partial charge in [-0.15, -0.1) is 0 Å². The van der Waals surface area contributed by atoms with Gasteiger partial charge in [0.1, 0.15) is 0 Å². The SMILES string of the molecule is CC1(C)CCC2CC(Nc3nc(Cl)ncc3F)CCN21. The van der Waals surface area contributed by atoms with Gasteiger partial charge in [0.05, 0.1) is 6.20 Å². The van der Waals surface area contributed by atoms with Crippen molar-refractivity contribution in [1.29, 1.82) is 0 Å². The average Bonchev–Trinajstić information content (AvgIpc) is 2.70. The van der Waals surface area contributed by atoms with E-state index >= 15 is 0 Å². The highest BCUT2D eigenvalue weighted by atomic mass is 35.5. The van der Waals surface area contributed by atoms with Crippen LogP contribution in [0.5, 0.6) is 0 Å². The van der Waals surface area contributed by atoms with Crippen LogP contribution in [0.25, 0.3) is 0 Å². The van der Waals surface area contributed by atoms with Crippen molar-refractivity contribution in [2.75, 3.05) is 11.9 Å². The molecule has 2 aliphatic rings. The number of fused-ring (bicyclic) bond motifs is 1. The lowest BCUT2D eigenvalue weighted by atomic mass is 9.97. The standard InChI is InChI=1S/C14H20ClFN4/c1-14(2)5-3-10-7-9(4-6-20(10)14)18-12-11(16)8-17-13(15)19-12/h8-10H,3-7H2,1-2H3,(H,17,18,19). The Morgan fingerprint density at radius 2 is 2.25 bits per heavy atom. The summed E-state index contributed by atoms with van der Waals surface area (Å²) in [6.07, 6.45) is 5.60. The van der Waals surface area contributed by atoms with Gasteiger partial charge in [-0.05, 0) is 51.1 Å². The molecule has 0 aromatic carbocycles. The van der Waals surface area contributed by atoms with Gasteiger partial charge in [-0.25, -0.2) is 9.37 Å². The van der Waals surface area contributed by atoms with E-state index in [1.807, 2.05) is 0 Å². The van der Waals surface area contributed by atoms with Crippen LogP contribution in [0.3, 0.4) is 0 Å². The lowest BCUT2D eigenvalue weighted by Gasteiger charge is -2.42. The second kappa shape index (κ2) is 5.11. The second-order valence-corrected chi connectivity index (χ2v) is 6.74. The van der Waals surface area contributed by atoms with Crippen LogP contribution in [0.1, 0.15) is 39.5 Å². The number of hydrogen-bond donors (Lipinski definition) is 1. The fraction of sp³-hybridized carbons (Fsp3) is 0.714. The Hall–Kier alpha value is -0.940. The lowest BCUT2D eigenvalue weighted by molar-refractivity contribution is 0.0920. The molecule has 0 spiro atoms. The summed E-state index contributed by atoms with van der Waals surface area (Å²) >= 11 is 5.72. The van der Waals surface area contributed by atoms with Gasteiger partial charge in [-0.1, -0.05) is 0 Å². The van der Waals surface area contributed by atoms with Crippen LogP contribution in [-0.2, 0) is 0 Å². The number of rotatable bonds is 2. The molecule has 3 heterocycles. The minimum atomic E-state index is -0.441. The lowest BCUT2D eigenvalue weighted by Crippen LogP contribution is -2.50. The molecule has 2 unspecified atom stereocenters. The summed E-state index contributed by atoms with van der Waals surface area (Å²) in [6.45, 7) is 5.67. The number of nitrogens with one attached hydrogen (secondary N) is 1. The molecule has 2 fully saturated rings. The zero-order valence-electron chi connectivity index (χ0n) is 11.9. The van der Waals surface area contributed by atoms with E-state index in [1.54, 1.807) is 0 Å². The number of halogens is 2. The maximum atomic E-state index is 13.7. The summed E-state index contributed by atoms with van der Waals surface area (Å²) in [5.74, 6) is -0.218. The van der Waals surface area contributed by atoms with Crippen LogP contribution < -0.4 is 5.32 Å². The van der Waals surface area contributed by atoms with Crippen LogP contribution in [0.15, 0.2) is 6.20 Å². The molecule has 2 aliphatic heterocycles. The predicted molar refractivity (Wildman–Crippen MR) is 77.5 cm³/mol. The molecular weight excluding hydrogens is 279 g/mol. The van der Waals surface area contributed by atoms with Gasteiger partial charge in [0.15, 0.2) is 11.6 Å². The molecule has 0 bridgehead atoms. The van der Waals surface area contributed by atoms with Crippen molar-refractivity contribution >= 4 is 17.4 Å². The Bertz CT molecular complexity index is 508. The van der Waals surface area contributed by atoms with Gasteiger partial charge in [-0.3, -0.25) is 4.90 Å². The molecule has 110 valence electrons. The van der Waals surface area contributed by atoms with Crippen LogP contribution in [0, 0.1) is 5.82 Å². The highest BCUT2D eigenvalue weighted by Crippen LogP contribution is 2.38. The van der Waals surface area contributed by atoms with E-state index in [9.17, 15) is 4.39 Å². The maximum absolute atomic E-state index is 13.7. The molecule has 1 aromatic heterocycles. The Kier molecular flexibility index (Phi) is 3.58. The van der Waals surface area contributed by atoms with Gasteiger partial charge in [-0.2, -0.15) is 4.98 Å². The Morgan fingerprint density at radius 1 is 1.45 bits per heavy atom. The molecule has 20 heavy (non-hydrogen) atoms. The van der Waals surface area contributed by atoms with Gasteiger partial charge >= 0.3 is 0 Å². The Morgan fingerprint density at radius 3 is 3.05 bits per heavy atom. The minimum Gasteiger partial charge on any atom is -0.365 e. The molecule has 1 N–H and O–H groups in total. The number of piperidine rings is 1. The van der Waals surface area contributed by atoms with E-state index in [2.05, 4.69) is 34.0 Å². The number of anilines is 1. The van der Waals surface area contributed by atoms with Crippen LogP contribution in [-0.4, -0.2) is 39.0 Å². The number of nitrogens with zero attached hydrogens (tertiary/aromatic N) is 3. The second-order valence-electron chi connectivity index (χ2n) is 6.40. The normalized spacial score (nSPS) is 29.2. The summed E-state index contributed by atoms with van der Waals surface area (Å²) in [4.78, 5) is 10.2. The van der Waals surface area contributed by atoms with E-state index < -0.39 is 5.82 Å². The third-order valence-electron chi connectivity index (χ3n) is 4.64. The summed E-state index contributed by atoms with van der Waals surface area (Å²) in [5, 5.41) is 3.27. The van der Waals surface area contributed by atoms with E-state index in [4.69, 9.17) is 11.6 Å². The Balaban J connectivity index is 1.68. The first kappa shape index (κ1) is 14.0. The number of hydrogen-bond acceptors (Lipinski definition) is 4.